The molecule has 3 aliphatic rings. The monoisotopic (exact) mass is 1270 g/mol. The molecule has 474 valence electrons. The van der Waals surface area contributed by atoms with Gasteiger partial charge < -0.3 is 58.7 Å². The smallest absolute Gasteiger partial charge is 0.480 e. The maximum atomic E-state index is 13.7. The zero-order valence-electron chi connectivity index (χ0n) is 54.3. The lowest BCUT2D eigenvalue weighted by atomic mass is 9.85. The number of aryl methyl sites for hydroxylation is 2. The molecule has 0 radical (unpaired) electrons. The number of ether oxygens (including phenoxy) is 4. The van der Waals surface area contributed by atoms with Gasteiger partial charge in [-0.15, -0.1) is 0 Å². The minimum atomic E-state index is -0.474. The van der Waals surface area contributed by atoms with Crippen molar-refractivity contribution in [3.63, 3.8) is 0 Å². The lowest BCUT2D eigenvalue weighted by Gasteiger charge is -2.37. The van der Waals surface area contributed by atoms with Gasteiger partial charge in [-0.3, -0.25) is 24.2 Å². The highest BCUT2D eigenvalue weighted by atomic mass is 79.9. The third kappa shape index (κ3) is 16.6. The van der Waals surface area contributed by atoms with Crippen LogP contribution in [0.3, 0.4) is 0 Å². The molecule has 0 spiro atoms. The Balaban J connectivity index is 0.000000202. The lowest BCUT2D eigenvalue weighted by molar-refractivity contribution is 0.00578. The number of aromatic nitrogens is 6. The van der Waals surface area contributed by atoms with Gasteiger partial charge >= 0.3 is 7.12 Å². The van der Waals surface area contributed by atoms with E-state index in [4.69, 9.17) is 28.3 Å². The van der Waals surface area contributed by atoms with Gasteiger partial charge in [0.05, 0.1) is 55.3 Å². The molecule has 3 fully saturated rings. The van der Waals surface area contributed by atoms with Crippen molar-refractivity contribution >= 4 is 51.8 Å². The second-order valence-corrected chi connectivity index (χ2v) is 25.1. The molecule has 2 amide bonds. The summed E-state index contributed by atoms with van der Waals surface area (Å²) in [6, 6.07) is 12.6. The van der Waals surface area contributed by atoms with E-state index in [9.17, 15) is 19.2 Å². The van der Waals surface area contributed by atoms with Gasteiger partial charge in [0.15, 0.2) is 0 Å². The number of hydrogen-bond acceptors (Lipinski definition) is 16. The highest BCUT2D eigenvalue weighted by Gasteiger charge is 2.52. The number of hydrogen-bond donors (Lipinski definition) is 4. The van der Waals surface area contributed by atoms with E-state index in [-0.39, 0.29) is 59.1 Å². The van der Waals surface area contributed by atoms with Crippen molar-refractivity contribution in [1.82, 2.24) is 40.5 Å². The van der Waals surface area contributed by atoms with E-state index in [1.54, 1.807) is 39.0 Å². The van der Waals surface area contributed by atoms with Crippen molar-refractivity contribution in [2.24, 2.45) is 0 Å². The largest absolute Gasteiger partial charge is 0.516 e. The highest BCUT2D eigenvalue weighted by Crippen LogP contribution is 2.37. The van der Waals surface area contributed by atoms with E-state index in [0.29, 0.717) is 57.4 Å². The minimum Gasteiger partial charge on any atom is -0.480 e. The van der Waals surface area contributed by atoms with Crippen LogP contribution in [-0.2, 0) is 31.9 Å². The number of H-pyrrole nitrogens is 2. The molecule has 3 saturated heterocycles. The average molecular weight is 1270 g/mol. The van der Waals surface area contributed by atoms with Crippen LogP contribution in [0, 0.1) is 27.7 Å². The number of anilines is 2. The zero-order valence-corrected chi connectivity index (χ0v) is 55.9. The quantitative estimate of drug-likeness (QED) is 0.0586. The highest BCUT2D eigenvalue weighted by molar-refractivity contribution is 9.10. The molecule has 2 aromatic carbocycles. The molecule has 6 aromatic rings. The summed E-state index contributed by atoms with van der Waals surface area (Å²) in [7, 11) is 2.63. The van der Waals surface area contributed by atoms with E-state index in [2.05, 4.69) is 106 Å². The number of amides is 2. The van der Waals surface area contributed by atoms with Gasteiger partial charge in [0.1, 0.15) is 0 Å². The van der Waals surface area contributed by atoms with Gasteiger partial charge in [0.25, 0.3) is 22.9 Å². The first-order valence-electron chi connectivity index (χ1n) is 30.5. The molecule has 3 aliphatic heterocycles. The molecule has 0 saturated carbocycles. The molecular formula is C66H90BBrN10O10. The Morgan fingerprint density at radius 3 is 1.47 bits per heavy atom. The molecule has 0 atom stereocenters. The predicted molar refractivity (Wildman–Crippen MR) is 350 cm³/mol. The van der Waals surface area contributed by atoms with Gasteiger partial charge in [-0.2, -0.15) is 0 Å². The fraction of sp³-hybridized carbons (Fsp3) is 0.515. The van der Waals surface area contributed by atoms with Crippen LogP contribution in [0.25, 0.3) is 11.3 Å². The molecule has 0 bridgehead atoms. The molecule has 0 aliphatic carbocycles. The minimum absolute atomic E-state index is 0.140. The topological polar surface area (TPSA) is 237 Å². The van der Waals surface area contributed by atoms with Crippen LogP contribution < -0.4 is 46.6 Å². The van der Waals surface area contributed by atoms with Crippen molar-refractivity contribution in [2.45, 2.75) is 171 Å². The van der Waals surface area contributed by atoms with Gasteiger partial charge in [0, 0.05) is 126 Å². The molecule has 4 aromatic heterocycles. The normalized spacial score (nSPS) is 15.6. The van der Waals surface area contributed by atoms with Crippen molar-refractivity contribution in [3.05, 3.63) is 142 Å². The Labute approximate surface area is 527 Å². The van der Waals surface area contributed by atoms with Crippen LogP contribution in [0.2, 0.25) is 0 Å². The summed E-state index contributed by atoms with van der Waals surface area (Å²) in [5, 5.41) is 6.00. The number of nitrogens with one attached hydrogen (secondary N) is 4. The summed E-state index contributed by atoms with van der Waals surface area (Å²) in [5.41, 5.74) is 10.8. The Kier molecular flexibility index (Phi) is 23.7. The van der Waals surface area contributed by atoms with Crippen molar-refractivity contribution < 1.29 is 37.8 Å². The summed E-state index contributed by atoms with van der Waals surface area (Å²) >= 11 is 3.60. The van der Waals surface area contributed by atoms with Crippen LogP contribution in [0.15, 0.2) is 75.2 Å². The molecule has 0 unspecified atom stereocenters. The number of pyridine rings is 2. The van der Waals surface area contributed by atoms with Crippen LogP contribution in [0.4, 0.5) is 11.4 Å². The summed E-state index contributed by atoms with van der Waals surface area (Å²) in [5.74, 6) is 0.828. The van der Waals surface area contributed by atoms with Crippen molar-refractivity contribution in [2.75, 3.05) is 63.5 Å². The van der Waals surface area contributed by atoms with E-state index in [0.717, 1.165) is 120 Å². The fourth-order valence-electron chi connectivity index (χ4n) is 11.3. The van der Waals surface area contributed by atoms with Gasteiger partial charge in [0.2, 0.25) is 11.8 Å². The summed E-state index contributed by atoms with van der Waals surface area (Å²) in [6.45, 7) is 33.2. The van der Waals surface area contributed by atoms with Crippen molar-refractivity contribution in [3.8, 4) is 23.0 Å². The van der Waals surface area contributed by atoms with Gasteiger partial charge in [-0.05, 0) is 165 Å². The molecule has 4 N–H and O–H groups in total. The summed E-state index contributed by atoms with van der Waals surface area (Å²) < 4.78 is 33.9. The maximum Gasteiger partial charge on any atom is 0.516 e. The standard InChI is InChI=1S/C30H39N5O4.C25H34BrN3O3.C11H17BN2O3/c1-7-35(22-8-10-39-11-9-22)27-14-21(26-16-32-28(38-6)17-31-26)13-24(20(27)5)29(36)33-15-25-23(18(2)3)12-19(4)34-30(25)37;1-6-29(19-7-9-32-10-8-19)23-13-18(26)12-21(17(23)5)24(30)27-14-22-20(15(2)3)11-16(4)28-25(22)31;1-10(2)11(3,4)17-12(16-10)8-6-14-9(15-5)7-13-8/h12-14,16-18,22H,7-11,15H2,1-6H3,(H,33,36)(H,34,37);11-13,15,19H,6-10,14H2,1-5H3,(H,27,30)(H,28,31);6-7H,1-5H3. The maximum absolute atomic E-state index is 13.7. The van der Waals surface area contributed by atoms with Crippen LogP contribution in [0.5, 0.6) is 11.8 Å². The number of rotatable bonds is 18. The second-order valence-electron chi connectivity index (χ2n) is 24.1. The number of carbonyl (C=O) groups excluding carboxylic acids is 2. The molecular weight excluding hydrogens is 1180 g/mol. The third-order valence-corrected chi connectivity index (χ3v) is 17.4. The Morgan fingerprint density at radius 1 is 0.636 bits per heavy atom. The first-order valence-corrected chi connectivity index (χ1v) is 31.3. The molecule has 22 heteroatoms. The molecule has 20 nitrogen and oxygen atoms in total. The third-order valence-electron chi connectivity index (χ3n) is 17.0. The predicted octanol–water partition coefficient (Wildman–Crippen LogP) is 10.1. The number of carbonyl (C=O) groups is 2. The molecule has 7 heterocycles. The first kappa shape index (κ1) is 68.5. The molecule has 9 rings (SSSR count). The number of halogens is 1. The number of aromatic amines is 2. The van der Waals surface area contributed by atoms with Crippen LogP contribution >= 0.6 is 15.9 Å². The fourth-order valence-corrected chi connectivity index (χ4v) is 11.8. The Morgan fingerprint density at radius 2 is 1.07 bits per heavy atom. The average Bonchev–Trinajstić information content (AvgIpc) is 2.79. The lowest BCUT2D eigenvalue weighted by Crippen LogP contribution is -2.41. The van der Waals surface area contributed by atoms with Gasteiger partial charge in [-0.1, -0.05) is 43.6 Å². The van der Waals surface area contributed by atoms with Crippen LogP contribution in [-0.4, -0.2) is 126 Å². The Hall–Kier alpha value is -6.98. The summed E-state index contributed by atoms with van der Waals surface area (Å²) in [4.78, 5) is 79.9. The number of benzene rings is 2. The van der Waals surface area contributed by atoms with Gasteiger partial charge in [-0.25, -0.2) is 15.0 Å². The van der Waals surface area contributed by atoms with E-state index in [1.807, 2.05) is 93.5 Å². The zero-order chi connectivity index (χ0) is 64.2. The second kappa shape index (κ2) is 30.5. The number of nitrogens with zero attached hydrogens (tertiary/aromatic N) is 6. The van der Waals surface area contributed by atoms with Crippen molar-refractivity contribution in [1.29, 1.82) is 0 Å². The SMILES string of the molecule is CCN(c1cc(-c2cnc(OC)cn2)cc(C(=O)NCc2c(C(C)C)cc(C)[nH]c2=O)c1C)C1CCOCC1.CCN(c1cc(Br)cc(C(=O)NCc2c(C(C)C)cc(C)[nH]c2=O)c1C)C1CCOCC1.COc1cnc(B2OC(C)(C)C(C)(C)O2)cn1. The van der Waals surface area contributed by atoms with Crippen LogP contribution in [0.1, 0.15) is 172 Å². The first-order chi connectivity index (χ1) is 41.8. The number of methoxy groups -OCH3 is 2. The Bertz CT molecular complexity index is 3460. The van der Waals surface area contributed by atoms with E-state index >= 15 is 0 Å². The summed E-state index contributed by atoms with van der Waals surface area (Å²) in [6.07, 6.45) is 10.2. The molecule has 88 heavy (non-hydrogen) atoms. The van der Waals surface area contributed by atoms with E-state index < -0.39 is 7.12 Å². The van der Waals surface area contributed by atoms with E-state index in [1.165, 1.54) is 0 Å².